The van der Waals surface area contributed by atoms with E-state index in [-0.39, 0.29) is 11.4 Å². The Morgan fingerprint density at radius 1 is 1.00 bits per heavy atom. The van der Waals surface area contributed by atoms with Crippen LogP contribution in [0.3, 0.4) is 0 Å². The molecule has 24 heavy (non-hydrogen) atoms. The van der Waals surface area contributed by atoms with Crippen LogP contribution < -0.4 is 4.72 Å². The molecule has 0 atom stereocenters. The van der Waals surface area contributed by atoms with Crippen LogP contribution in [0.2, 0.25) is 0 Å². The fourth-order valence-corrected chi connectivity index (χ4v) is 3.43. The van der Waals surface area contributed by atoms with Gasteiger partial charge in [-0.2, -0.15) is 5.10 Å². The van der Waals surface area contributed by atoms with Gasteiger partial charge in [-0.05, 0) is 36.2 Å². The molecular formula is C18H19N3O2S. The molecule has 1 aromatic heterocycles. The summed E-state index contributed by atoms with van der Waals surface area (Å²) in [5.41, 5.74) is 3.00. The molecule has 0 saturated heterocycles. The lowest BCUT2D eigenvalue weighted by Crippen LogP contribution is -2.24. The van der Waals surface area contributed by atoms with E-state index in [1.54, 1.807) is 30.5 Å². The SMILES string of the molecule is Cc1ccc(S(=O)(=O)NCc2ccccc2Cn2cccn2)cc1. The third-order valence-corrected chi connectivity index (χ3v) is 5.21. The Hall–Kier alpha value is -2.44. The summed E-state index contributed by atoms with van der Waals surface area (Å²) in [6.45, 7) is 2.78. The Labute approximate surface area is 142 Å². The summed E-state index contributed by atoms with van der Waals surface area (Å²) in [5.74, 6) is 0. The fourth-order valence-electron chi connectivity index (χ4n) is 2.43. The van der Waals surface area contributed by atoms with Gasteiger partial charge < -0.3 is 0 Å². The second kappa shape index (κ2) is 6.98. The van der Waals surface area contributed by atoms with E-state index < -0.39 is 10.0 Å². The van der Waals surface area contributed by atoms with E-state index in [1.807, 2.05) is 48.1 Å². The fraction of sp³-hybridized carbons (Fsp3) is 0.167. The van der Waals surface area contributed by atoms with E-state index in [0.29, 0.717) is 6.54 Å². The number of aryl methyl sites for hydroxylation is 1. The highest BCUT2D eigenvalue weighted by atomic mass is 32.2. The van der Waals surface area contributed by atoms with Gasteiger partial charge in [-0.1, -0.05) is 42.0 Å². The zero-order chi connectivity index (χ0) is 17.0. The molecule has 2 aromatic carbocycles. The van der Waals surface area contributed by atoms with Crippen molar-refractivity contribution in [2.45, 2.75) is 24.9 Å². The van der Waals surface area contributed by atoms with Crippen LogP contribution in [0.5, 0.6) is 0 Å². The largest absolute Gasteiger partial charge is 0.268 e. The summed E-state index contributed by atoms with van der Waals surface area (Å²) in [6, 6.07) is 16.4. The highest BCUT2D eigenvalue weighted by molar-refractivity contribution is 7.89. The summed E-state index contributed by atoms with van der Waals surface area (Å²) in [7, 11) is -3.53. The van der Waals surface area contributed by atoms with Gasteiger partial charge in [0.25, 0.3) is 0 Å². The van der Waals surface area contributed by atoms with Crippen LogP contribution >= 0.6 is 0 Å². The van der Waals surface area contributed by atoms with Crippen molar-refractivity contribution < 1.29 is 8.42 Å². The van der Waals surface area contributed by atoms with E-state index in [1.165, 1.54) is 0 Å². The molecule has 0 amide bonds. The zero-order valence-corrected chi connectivity index (χ0v) is 14.2. The van der Waals surface area contributed by atoms with Gasteiger partial charge in [0.15, 0.2) is 0 Å². The lowest BCUT2D eigenvalue weighted by Gasteiger charge is -2.11. The van der Waals surface area contributed by atoms with Crippen LogP contribution in [0.15, 0.2) is 71.9 Å². The van der Waals surface area contributed by atoms with Crippen molar-refractivity contribution in [1.29, 1.82) is 0 Å². The van der Waals surface area contributed by atoms with Gasteiger partial charge in [-0.15, -0.1) is 0 Å². The zero-order valence-electron chi connectivity index (χ0n) is 13.4. The molecule has 0 unspecified atom stereocenters. The summed E-state index contributed by atoms with van der Waals surface area (Å²) < 4.78 is 29.3. The minimum absolute atomic E-state index is 0.244. The summed E-state index contributed by atoms with van der Waals surface area (Å²) in [6.07, 6.45) is 3.61. The van der Waals surface area contributed by atoms with E-state index >= 15 is 0 Å². The lowest BCUT2D eigenvalue weighted by molar-refractivity contribution is 0.580. The molecular weight excluding hydrogens is 322 g/mol. The molecule has 0 aliphatic carbocycles. The van der Waals surface area contributed by atoms with Crippen molar-refractivity contribution >= 4 is 10.0 Å². The first-order valence-electron chi connectivity index (χ1n) is 7.65. The topological polar surface area (TPSA) is 64.0 Å². The van der Waals surface area contributed by atoms with Crippen molar-refractivity contribution in [2.75, 3.05) is 0 Å². The molecule has 1 N–H and O–H groups in total. The van der Waals surface area contributed by atoms with Crippen molar-refractivity contribution in [3.63, 3.8) is 0 Å². The Balaban J connectivity index is 1.75. The second-order valence-electron chi connectivity index (χ2n) is 5.61. The highest BCUT2D eigenvalue weighted by Crippen LogP contribution is 2.14. The maximum atomic E-state index is 12.4. The van der Waals surface area contributed by atoms with Gasteiger partial charge in [0.1, 0.15) is 0 Å². The molecule has 0 aliphatic heterocycles. The highest BCUT2D eigenvalue weighted by Gasteiger charge is 2.14. The molecule has 0 bridgehead atoms. The lowest BCUT2D eigenvalue weighted by atomic mass is 10.1. The Morgan fingerprint density at radius 3 is 2.38 bits per heavy atom. The molecule has 0 saturated carbocycles. The molecule has 3 aromatic rings. The molecule has 1 heterocycles. The molecule has 0 radical (unpaired) electrons. The van der Waals surface area contributed by atoms with Crippen LogP contribution in [-0.2, 0) is 23.1 Å². The van der Waals surface area contributed by atoms with Gasteiger partial charge in [0, 0.05) is 18.9 Å². The summed E-state index contributed by atoms with van der Waals surface area (Å²) >= 11 is 0. The van der Waals surface area contributed by atoms with Crippen LogP contribution in [-0.4, -0.2) is 18.2 Å². The quantitative estimate of drug-likeness (QED) is 0.750. The van der Waals surface area contributed by atoms with Crippen LogP contribution in [0.25, 0.3) is 0 Å². The number of aromatic nitrogens is 2. The molecule has 0 aliphatic rings. The van der Waals surface area contributed by atoms with E-state index in [2.05, 4.69) is 9.82 Å². The molecule has 5 nitrogen and oxygen atoms in total. The average Bonchev–Trinajstić information content (AvgIpc) is 3.08. The first-order valence-corrected chi connectivity index (χ1v) is 9.13. The summed E-state index contributed by atoms with van der Waals surface area (Å²) in [4.78, 5) is 0.276. The molecule has 124 valence electrons. The molecule has 3 rings (SSSR count). The van der Waals surface area contributed by atoms with Crippen molar-refractivity contribution in [2.24, 2.45) is 0 Å². The first kappa shape index (κ1) is 16.4. The van der Waals surface area contributed by atoms with E-state index in [4.69, 9.17) is 0 Å². The van der Waals surface area contributed by atoms with Gasteiger partial charge in [0.05, 0.1) is 11.4 Å². The van der Waals surface area contributed by atoms with E-state index in [0.717, 1.165) is 16.7 Å². The van der Waals surface area contributed by atoms with E-state index in [9.17, 15) is 8.42 Å². The van der Waals surface area contributed by atoms with Gasteiger partial charge in [0.2, 0.25) is 10.0 Å². The first-order chi connectivity index (χ1) is 11.5. The number of nitrogens with one attached hydrogen (secondary N) is 1. The second-order valence-corrected chi connectivity index (χ2v) is 7.38. The maximum absolute atomic E-state index is 12.4. The van der Waals surface area contributed by atoms with Crippen LogP contribution in [0.4, 0.5) is 0 Å². The standard InChI is InChI=1S/C18H19N3O2S/c1-15-7-9-18(10-8-15)24(22,23)20-13-16-5-2-3-6-17(16)14-21-12-4-11-19-21/h2-12,20H,13-14H2,1H3. The van der Waals surface area contributed by atoms with Crippen LogP contribution in [0, 0.1) is 6.92 Å². The minimum atomic E-state index is -3.53. The molecule has 0 fully saturated rings. The van der Waals surface area contributed by atoms with Gasteiger partial charge in [-0.25, -0.2) is 13.1 Å². The van der Waals surface area contributed by atoms with Gasteiger partial charge >= 0.3 is 0 Å². The Bertz CT molecular complexity index is 902. The number of sulfonamides is 1. The van der Waals surface area contributed by atoms with Gasteiger partial charge in [-0.3, -0.25) is 4.68 Å². The van der Waals surface area contributed by atoms with Crippen molar-refractivity contribution in [3.05, 3.63) is 83.7 Å². The predicted octanol–water partition coefficient (Wildman–Crippen LogP) is 2.72. The Kier molecular flexibility index (Phi) is 4.78. The number of hydrogen-bond donors (Lipinski definition) is 1. The smallest absolute Gasteiger partial charge is 0.240 e. The minimum Gasteiger partial charge on any atom is -0.268 e. The summed E-state index contributed by atoms with van der Waals surface area (Å²) in [5, 5.41) is 4.20. The number of benzene rings is 2. The number of rotatable bonds is 6. The normalized spacial score (nSPS) is 11.5. The number of nitrogens with zero attached hydrogens (tertiary/aromatic N) is 2. The number of hydrogen-bond acceptors (Lipinski definition) is 3. The maximum Gasteiger partial charge on any atom is 0.240 e. The molecule has 0 spiro atoms. The average molecular weight is 341 g/mol. The third kappa shape index (κ3) is 3.90. The molecule has 6 heteroatoms. The monoisotopic (exact) mass is 341 g/mol. The van der Waals surface area contributed by atoms with Crippen molar-refractivity contribution in [3.8, 4) is 0 Å². The predicted molar refractivity (Wildman–Crippen MR) is 93.0 cm³/mol. The van der Waals surface area contributed by atoms with Crippen LogP contribution in [0.1, 0.15) is 16.7 Å². The Morgan fingerprint density at radius 2 is 1.71 bits per heavy atom. The van der Waals surface area contributed by atoms with Crippen molar-refractivity contribution in [1.82, 2.24) is 14.5 Å². The third-order valence-electron chi connectivity index (χ3n) is 3.79.